The SMILES string of the molecule is C=C(c1ccc2sccc2c1)C(CBr)NCc1cc2cc(C(=O)C(CCBr)NCC)ccc2s1. The Balaban J connectivity index is 1.46. The van der Waals surface area contributed by atoms with Crippen LogP contribution in [0.25, 0.3) is 25.7 Å². The number of carbonyl (C=O) groups excluding carboxylic acids is 1. The van der Waals surface area contributed by atoms with E-state index >= 15 is 0 Å². The van der Waals surface area contributed by atoms with Crippen molar-refractivity contribution in [2.75, 3.05) is 17.2 Å². The Labute approximate surface area is 225 Å². The smallest absolute Gasteiger partial charge is 0.179 e. The summed E-state index contributed by atoms with van der Waals surface area (Å²) in [5.74, 6) is 0.160. The van der Waals surface area contributed by atoms with E-state index in [-0.39, 0.29) is 17.9 Å². The largest absolute Gasteiger partial charge is 0.307 e. The molecule has 2 atom stereocenters. The number of fused-ring (bicyclic) bond motifs is 2. The van der Waals surface area contributed by atoms with E-state index in [1.54, 1.807) is 22.7 Å². The van der Waals surface area contributed by atoms with Gasteiger partial charge in [-0.3, -0.25) is 4.79 Å². The van der Waals surface area contributed by atoms with Crippen LogP contribution in [0.2, 0.25) is 0 Å². The number of Topliss-reactive ketones (excluding diaryl/α,β-unsaturated/α-hetero) is 1. The van der Waals surface area contributed by atoms with Gasteiger partial charge in [0.05, 0.1) is 6.04 Å². The van der Waals surface area contributed by atoms with Crippen molar-refractivity contribution in [2.24, 2.45) is 0 Å². The first-order valence-corrected chi connectivity index (χ1v) is 15.3. The van der Waals surface area contributed by atoms with E-state index in [0.29, 0.717) is 0 Å². The van der Waals surface area contributed by atoms with Crippen molar-refractivity contribution in [3.05, 3.63) is 76.5 Å². The molecule has 0 saturated heterocycles. The highest BCUT2D eigenvalue weighted by Gasteiger charge is 2.19. The van der Waals surface area contributed by atoms with Gasteiger partial charge in [0.2, 0.25) is 0 Å². The lowest BCUT2D eigenvalue weighted by Gasteiger charge is -2.19. The fourth-order valence-electron chi connectivity index (χ4n) is 4.08. The van der Waals surface area contributed by atoms with Crippen LogP contribution < -0.4 is 10.6 Å². The van der Waals surface area contributed by atoms with Crippen molar-refractivity contribution in [1.82, 2.24) is 10.6 Å². The number of benzene rings is 2. The molecule has 0 fully saturated rings. The normalized spacial score (nSPS) is 13.4. The Morgan fingerprint density at radius 1 is 0.971 bits per heavy atom. The van der Waals surface area contributed by atoms with Crippen LogP contribution in [0.4, 0.5) is 0 Å². The third-order valence-electron chi connectivity index (χ3n) is 5.94. The van der Waals surface area contributed by atoms with Gasteiger partial charge in [-0.25, -0.2) is 0 Å². The molecule has 4 rings (SSSR count). The number of thiophene rings is 2. The first kappa shape index (κ1) is 25.7. The molecule has 0 aliphatic rings. The molecule has 0 aliphatic carbocycles. The molecule has 0 radical (unpaired) electrons. The van der Waals surface area contributed by atoms with Gasteiger partial charge in [0.15, 0.2) is 5.78 Å². The highest BCUT2D eigenvalue weighted by Crippen LogP contribution is 2.29. The number of halogens is 2. The molecule has 0 aliphatic heterocycles. The highest BCUT2D eigenvalue weighted by molar-refractivity contribution is 9.09. The van der Waals surface area contributed by atoms with Crippen molar-refractivity contribution in [2.45, 2.75) is 32.0 Å². The summed E-state index contributed by atoms with van der Waals surface area (Å²) in [6.07, 6.45) is 0.778. The lowest BCUT2D eigenvalue weighted by Crippen LogP contribution is -2.37. The molecule has 0 saturated carbocycles. The third kappa shape index (κ3) is 5.89. The second-order valence-electron chi connectivity index (χ2n) is 8.20. The van der Waals surface area contributed by atoms with Gasteiger partial charge in [-0.1, -0.05) is 51.4 Å². The average Bonchev–Trinajstić information content (AvgIpc) is 3.49. The average molecular weight is 620 g/mol. The zero-order valence-electron chi connectivity index (χ0n) is 19.1. The monoisotopic (exact) mass is 618 g/mol. The number of ketones is 1. The third-order valence-corrected chi connectivity index (χ3v) is 9.06. The van der Waals surface area contributed by atoms with Crippen LogP contribution in [0, 0.1) is 0 Å². The van der Waals surface area contributed by atoms with Gasteiger partial charge in [-0.15, -0.1) is 22.7 Å². The summed E-state index contributed by atoms with van der Waals surface area (Å²) < 4.78 is 2.50. The number of nitrogens with one attached hydrogen (secondary N) is 2. The zero-order chi connectivity index (χ0) is 24.1. The van der Waals surface area contributed by atoms with Crippen LogP contribution in [-0.4, -0.2) is 35.1 Å². The van der Waals surface area contributed by atoms with E-state index in [1.165, 1.54) is 25.2 Å². The van der Waals surface area contributed by atoms with Crippen molar-refractivity contribution < 1.29 is 4.79 Å². The molecular weight excluding hydrogens is 592 g/mol. The van der Waals surface area contributed by atoms with Gasteiger partial charge in [0.25, 0.3) is 0 Å². The van der Waals surface area contributed by atoms with Gasteiger partial charge in [-0.05, 0) is 82.7 Å². The fourth-order valence-corrected chi connectivity index (χ4v) is 6.93. The van der Waals surface area contributed by atoms with Gasteiger partial charge in [-0.2, -0.15) is 0 Å². The van der Waals surface area contributed by atoms with Crippen molar-refractivity contribution in [3.8, 4) is 0 Å². The minimum atomic E-state index is -0.152. The lowest BCUT2D eigenvalue weighted by molar-refractivity contribution is 0.0942. The molecule has 34 heavy (non-hydrogen) atoms. The van der Waals surface area contributed by atoms with E-state index in [1.807, 2.05) is 19.1 Å². The molecule has 7 heteroatoms. The van der Waals surface area contributed by atoms with Crippen molar-refractivity contribution in [1.29, 1.82) is 0 Å². The van der Waals surface area contributed by atoms with E-state index in [0.717, 1.165) is 46.7 Å². The first-order valence-electron chi connectivity index (χ1n) is 11.4. The number of alkyl halides is 2. The number of likely N-dealkylation sites (N-methyl/N-ethyl adjacent to an activating group) is 1. The molecule has 4 aromatic rings. The quantitative estimate of drug-likeness (QED) is 0.127. The molecule has 0 bridgehead atoms. The van der Waals surface area contributed by atoms with Crippen LogP contribution in [0.15, 0.2) is 60.5 Å². The molecule has 2 unspecified atom stereocenters. The fraction of sp³-hybridized carbons (Fsp3) is 0.296. The van der Waals surface area contributed by atoms with Crippen molar-refractivity contribution >= 4 is 86.1 Å². The maximum atomic E-state index is 13.0. The Kier molecular flexibility index (Phi) is 9.13. The van der Waals surface area contributed by atoms with Crippen LogP contribution in [0.1, 0.15) is 34.1 Å². The molecule has 2 N–H and O–H groups in total. The van der Waals surface area contributed by atoms with Crippen LogP contribution in [-0.2, 0) is 6.54 Å². The minimum Gasteiger partial charge on any atom is -0.307 e. The summed E-state index contributed by atoms with van der Waals surface area (Å²) in [6.45, 7) is 7.95. The topological polar surface area (TPSA) is 41.1 Å². The second-order valence-corrected chi connectivity index (χ2v) is 11.8. The summed E-state index contributed by atoms with van der Waals surface area (Å²) in [5, 5.41) is 13.1. The molecule has 178 valence electrons. The summed E-state index contributed by atoms with van der Waals surface area (Å²) in [6, 6.07) is 17.0. The molecule has 2 aromatic heterocycles. The zero-order valence-corrected chi connectivity index (χ0v) is 23.9. The van der Waals surface area contributed by atoms with Gasteiger partial charge in [0, 0.05) is 43.1 Å². The molecule has 2 aromatic carbocycles. The molecular formula is C27H28Br2N2OS2. The molecule has 0 amide bonds. The van der Waals surface area contributed by atoms with E-state index in [4.69, 9.17) is 0 Å². The number of hydrogen-bond acceptors (Lipinski definition) is 5. The van der Waals surface area contributed by atoms with E-state index in [9.17, 15) is 4.79 Å². The predicted octanol–water partition coefficient (Wildman–Crippen LogP) is 7.63. The van der Waals surface area contributed by atoms with Crippen LogP contribution >= 0.6 is 54.5 Å². The molecule has 3 nitrogen and oxygen atoms in total. The second kappa shape index (κ2) is 12.1. The molecule has 0 spiro atoms. The number of rotatable bonds is 12. The van der Waals surface area contributed by atoms with Crippen molar-refractivity contribution in [3.63, 3.8) is 0 Å². The number of carbonyl (C=O) groups is 1. The van der Waals surface area contributed by atoms with E-state index < -0.39 is 0 Å². The Hall–Kier alpha value is -1.35. The summed E-state index contributed by atoms with van der Waals surface area (Å²) in [7, 11) is 0. The Bertz CT molecular complexity index is 1290. The summed E-state index contributed by atoms with van der Waals surface area (Å²) in [4.78, 5) is 14.2. The highest BCUT2D eigenvalue weighted by atomic mass is 79.9. The van der Waals surface area contributed by atoms with Crippen LogP contribution in [0.3, 0.4) is 0 Å². The lowest BCUT2D eigenvalue weighted by atomic mass is 10.00. The predicted molar refractivity (Wildman–Crippen MR) is 157 cm³/mol. The first-order chi connectivity index (χ1) is 16.5. The minimum absolute atomic E-state index is 0.128. The Morgan fingerprint density at radius 3 is 2.50 bits per heavy atom. The van der Waals surface area contributed by atoms with E-state index in [2.05, 4.69) is 90.9 Å². The van der Waals surface area contributed by atoms with Crippen LogP contribution in [0.5, 0.6) is 0 Å². The van der Waals surface area contributed by atoms with Gasteiger partial charge < -0.3 is 10.6 Å². The molecule has 2 heterocycles. The number of hydrogen-bond donors (Lipinski definition) is 2. The van der Waals surface area contributed by atoms with Gasteiger partial charge in [0.1, 0.15) is 0 Å². The summed E-state index contributed by atoms with van der Waals surface area (Å²) >= 11 is 10.7. The maximum absolute atomic E-state index is 13.0. The summed E-state index contributed by atoms with van der Waals surface area (Å²) in [5.41, 5.74) is 3.02. The maximum Gasteiger partial charge on any atom is 0.179 e. The van der Waals surface area contributed by atoms with Gasteiger partial charge >= 0.3 is 0 Å². The Morgan fingerprint density at radius 2 is 1.74 bits per heavy atom. The standard InChI is InChI=1S/C27H28Br2N2OS2/c1-3-30-23(8-10-28)27(32)20-5-7-26-21(13-20)14-22(34-26)16-31-24(15-29)17(2)18-4-6-25-19(12-18)9-11-33-25/h4-7,9,11-14,23-24,30-31H,2-3,8,10,15-16H2,1H3.